The molecular formula is C12H18FNO. The molecule has 15 heavy (non-hydrogen) atoms. The topological polar surface area (TPSA) is 35.2 Å². The monoisotopic (exact) mass is 211 g/mol. The van der Waals surface area contributed by atoms with E-state index in [1.807, 2.05) is 32.9 Å². The Morgan fingerprint density at radius 2 is 1.93 bits per heavy atom. The largest absolute Gasteiger partial charge is 0.488 e. The summed E-state index contributed by atoms with van der Waals surface area (Å²) < 4.78 is 18.9. The Morgan fingerprint density at radius 1 is 1.33 bits per heavy atom. The van der Waals surface area contributed by atoms with Crippen LogP contribution in [0.15, 0.2) is 24.3 Å². The summed E-state index contributed by atoms with van der Waals surface area (Å²) in [5, 5.41) is 0. The summed E-state index contributed by atoms with van der Waals surface area (Å²) >= 11 is 0. The van der Waals surface area contributed by atoms with Crippen molar-refractivity contribution < 1.29 is 9.13 Å². The second-order valence-corrected chi connectivity index (χ2v) is 4.68. The first-order valence-electron chi connectivity index (χ1n) is 5.02. The molecule has 1 aromatic carbocycles. The molecule has 0 aromatic heterocycles. The molecule has 2 N–H and O–H groups in total. The minimum Gasteiger partial charge on any atom is -0.488 e. The molecule has 0 spiro atoms. The molecule has 0 radical (unpaired) electrons. The molecule has 1 aromatic rings. The maximum atomic E-state index is 13.6. The van der Waals surface area contributed by atoms with Gasteiger partial charge in [0.2, 0.25) is 0 Å². The summed E-state index contributed by atoms with van der Waals surface area (Å²) in [5.74, 6) is 0.546. The van der Waals surface area contributed by atoms with Crippen molar-refractivity contribution in [1.29, 1.82) is 0 Å². The predicted octanol–water partition coefficient (Wildman–Crippen LogP) is 3.03. The van der Waals surface area contributed by atoms with E-state index in [4.69, 9.17) is 10.5 Å². The normalized spacial score (nSPS) is 13.6. The van der Waals surface area contributed by atoms with E-state index in [9.17, 15) is 4.39 Å². The summed E-state index contributed by atoms with van der Waals surface area (Å²) in [6.07, 6.45) is -1.00. The van der Waals surface area contributed by atoms with Crippen molar-refractivity contribution in [3.63, 3.8) is 0 Å². The van der Waals surface area contributed by atoms with Crippen LogP contribution in [0.2, 0.25) is 0 Å². The van der Waals surface area contributed by atoms with E-state index in [0.717, 1.165) is 0 Å². The van der Waals surface area contributed by atoms with Gasteiger partial charge in [-0.2, -0.15) is 0 Å². The Bertz CT molecular complexity index is 320. The minimum atomic E-state index is -1.00. The van der Waals surface area contributed by atoms with E-state index in [2.05, 4.69) is 0 Å². The van der Waals surface area contributed by atoms with Crippen LogP contribution in [0.4, 0.5) is 10.1 Å². The van der Waals surface area contributed by atoms with E-state index in [0.29, 0.717) is 11.4 Å². The maximum absolute atomic E-state index is 13.6. The second-order valence-electron chi connectivity index (χ2n) is 4.68. The number of benzene rings is 1. The fourth-order valence-electron chi connectivity index (χ4n) is 1.02. The summed E-state index contributed by atoms with van der Waals surface area (Å²) in [6.45, 7) is 5.57. The van der Waals surface area contributed by atoms with Gasteiger partial charge in [0.15, 0.2) is 0 Å². The maximum Gasteiger partial charge on any atom is 0.142 e. The molecule has 0 aliphatic carbocycles. The van der Waals surface area contributed by atoms with E-state index in [1.165, 1.54) is 0 Å². The third-order valence-corrected chi connectivity index (χ3v) is 2.24. The summed E-state index contributed by atoms with van der Waals surface area (Å²) in [6, 6.07) is 7.11. The highest BCUT2D eigenvalue weighted by Crippen LogP contribution is 2.25. The number of ether oxygens (including phenoxy) is 1. The molecule has 2 nitrogen and oxygen atoms in total. The highest BCUT2D eigenvalue weighted by Gasteiger charge is 2.24. The van der Waals surface area contributed by atoms with Crippen molar-refractivity contribution in [1.82, 2.24) is 0 Å². The van der Waals surface area contributed by atoms with Gasteiger partial charge >= 0.3 is 0 Å². The number of hydrogen-bond donors (Lipinski definition) is 1. The van der Waals surface area contributed by atoms with Crippen LogP contribution < -0.4 is 10.5 Å². The molecule has 1 atom stereocenters. The zero-order chi connectivity index (χ0) is 11.5. The van der Waals surface area contributed by atoms with E-state index in [-0.39, 0.29) is 6.61 Å². The molecule has 84 valence electrons. The third-order valence-electron chi connectivity index (χ3n) is 2.24. The number of nitrogen functional groups attached to an aromatic ring is 1. The van der Waals surface area contributed by atoms with Crippen LogP contribution in [0, 0.1) is 5.41 Å². The van der Waals surface area contributed by atoms with E-state index in [1.54, 1.807) is 12.1 Å². The molecule has 3 heteroatoms. The lowest BCUT2D eigenvalue weighted by atomic mass is 9.91. The lowest BCUT2D eigenvalue weighted by molar-refractivity contribution is 0.0987. The third kappa shape index (κ3) is 3.42. The van der Waals surface area contributed by atoms with Gasteiger partial charge in [0.05, 0.1) is 5.69 Å². The van der Waals surface area contributed by atoms with E-state index < -0.39 is 11.6 Å². The Balaban J connectivity index is 2.55. The smallest absolute Gasteiger partial charge is 0.142 e. The molecular weight excluding hydrogens is 193 g/mol. The SMILES string of the molecule is CC(C)(C)[C@H](F)COc1ccccc1N. The molecule has 0 saturated carbocycles. The van der Waals surface area contributed by atoms with Gasteiger partial charge < -0.3 is 10.5 Å². The number of para-hydroxylation sites is 2. The fraction of sp³-hybridized carbons (Fsp3) is 0.500. The Kier molecular flexibility index (Phi) is 3.56. The molecule has 0 bridgehead atoms. The van der Waals surface area contributed by atoms with Crippen LogP contribution in [-0.4, -0.2) is 12.8 Å². The van der Waals surface area contributed by atoms with Crippen molar-refractivity contribution >= 4 is 5.69 Å². The molecule has 0 aliphatic rings. The van der Waals surface area contributed by atoms with Crippen LogP contribution in [-0.2, 0) is 0 Å². The van der Waals surface area contributed by atoms with Crippen LogP contribution in [0.5, 0.6) is 5.75 Å². The first-order chi connectivity index (χ1) is 6.91. The number of anilines is 1. The zero-order valence-corrected chi connectivity index (χ0v) is 9.46. The lowest BCUT2D eigenvalue weighted by Gasteiger charge is -2.23. The first-order valence-corrected chi connectivity index (χ1v) is 5.02. The molecule has 0 fully saturated rings. The Labute approximate surface area is 90.2 Å². The molecule has 0 amide bonds. The lowest BCUT2D eigenvalue weighted by Crippen LogP contribution is -2.28. The van der Waals surface area contributed by atoms with Gasteiger partial charge in [-0.3, -0.25) is 0 Å². The van der Waals surface area contributed by atoms with Gasteiger partial charge in [-0.05, 0) is 17.5 Å². The summed E-state index contributed by atoms with van der Waals surface area (Å²) in [4.78, 5) is 0. The zero-order valence-electron chi connectivity index (χ0n) is 9.46. The van der Waals surface area contributed by atoms with Gasteiger partial charge in [-0.25, -0.2) is 4.39 Å². The van der Waals surface area contributed by atoms with Crippen LogP contribution in [0.3, 0.4) is 0 Å². The van der Waals surface area contributed by atoms with Gasteiger partial charge in [0, 0.05) is 0 Å². The average Bonchev–Trinajstić information content (AvgIpc) is 2.14. The number of nitrogens with two attached hydrogens (primary N) is 1. The van der Waals surface area contributed by atoms with Gasteiger partial charge in [0.25, 0.3) is 0 Å². The predicted molar refractivity (Wildman–Crippen MR) is 60.7 cm³/mol. The summed E-state index contributed by atoms with van der Waals surface area (Å²) in [5.41, 5.74) is 5.81. The van der Waals surface area contributed by atoms with Crippen molar-refractivity contribution in [3.05, 3.63) is 24.3 Å². The Morgan fingerprint density at radius 3 is 2.47 bits per heavy atom. The fourth-order valence-corrected chi connectivity index (χ4v) is 1.02. The number of rotatable bonds is 3. The van der Waals surface area contributed by atoms with Crippen LogP contribution in [0.1, 0.15) is 20.8 Å². The van der Waals surface area contributed by atoms with Crippen LogP contribution >= 0.6 is 0 Å². The van der Waals surface area contributed by atoms with Crippen molar-refractivity contribution in [2.45, 2.75) is 26.9 Å². The molecule has 0 heterocycles. The van der Waals surface area contributed by atoms with Gasteiger partial charge in [-0.1, -0.05) is 32.9 Å². The van der Waals surface area contributed by atoms with Crippen LogP contribution in [0.25, 0.3) is 0 Å². The van der Waals surface area contributed by atoms with Crippen molar-refractivity contribution in [2.24, 2.45) is 5.41 Å². The van der Waals surface area contributed by atoms with Crippen molar-refractivity contribution in [3.8, 4) is 5.75 Å². The van der Waals surface area contributed by atoms with Gasteiger partial charge in [0.1, 0.15) is 18.5 Å². The summed E-state index contributed by atoms with van der Waals surface area (Å²) in [7, 11) is 0. The quantitative estimate of drug-likeness (QED) is 0.780. The standard InChI is InChI=1S/C12H18FNO/c1-12(2,3)11(13)8-15-10-7-5-4-6-9(10)14/h4-7,11H,8,14H2,1-3H3/t11-/m1/s1. The second kappa shape index (κ2) is 4.51. The van der Waals surface area contributed by atoms with Crippen molar-refractivity contribution in [2.75, 3.05) is 12.3 Å². The Hall–Kier alpha value is -1.25. The number of hydrogen-bond acceptors (Lipinski definition) is 2. The van der Waals surface area contributed by atoms with E-state index >= 15 is 0 Å². The van der Waals surface area contributed by atoms with Gasteiger partial charge in [-0.15, -0.1) is 0 Å². The molecule has 0 saturated heterocycles. The highest BCUT2D eigenvalue weighted by molar-refractivity contribution is 5.51. The molecule has 1 rings (SSSR count). The molecule has 0 unspecified atom stereocenters. The number of alkyl halides is 1. The minimum absolute atomic E-state index is 0.0394. The first kappa shape index (κ1) is 11.8. The molecule has 0 aliphatic heterocycles. The average molecular weight is 211 g/mol. The number of halogens is 1. The highest BCUT2D eigenvalue weighted by atomic mass is 19.1.